The van der Waals surface area contributed by atoms with E-state index in [2.05, 4.69) is 16.0 Å². The number of nitrogens with one attached hydrogen (secondary N) is 3. The zero-order valence-corrected chi connectivity index (χ0v) is 19.3. The van der Waals surface area contributed by atoms with Gasteiger partial charge in [-0.3, -0.25) is 4.79 Å². The Hall–Kier alpha value is -2.61. The number of aryl methyl sites for hydroxylation is 1. The molecule has 3 aromatic carbocycles. The number of amides is 1. The van der Waals surface area contributed by atoms with E-state index in [0.717, 1.165) is 16.3 Å². The molecule has 0 heterocycles. The van der Waals surface area contributed by atoms with E-state index in [1.807, 2.05) is 55.5 Å². The SMILES string of the molecule is Cc1ccc(NC(=S)Nc2cccc(SC(C)C(=O)Nc3ccc(F)c(Cl)c3)c2)cc1. The number of carbonyl (C=O) groups is 1. The van der Waals surface area contributed by atoms with Crippen LogP contribution in [0.2, 0.25) is 5.02 Å². The van der Waals surface area contributed by atoms with Gasteiger partial charge in [-0.1, -0.05) is 35.4 Å². The van der Waals surface area contributed by atoms with Gasteiger partial charge in [-0.2, -0.15) is 0 Å². The summed E-state index contributed by atoms with van der Waals surface area (Å²) in [6, 6.07) is 19.7. The highest BCUT2D eigenvalue weighted by molar-refractivity contribution is 8.00. The van der Waals surface area contributed by atoms with Crippen LogP contribution in [0.15, 0.2) is 71.6 Å². The van der Waals surface area contributed by atoms with Crippen molar-refractivity contribution in [3.05, 3.63) is 83.1 Å². The topological polar surface area (TPSA) is 53.2 Å². The van der Waals surface area contributed by atoms with Crippen molar-refractivity contribution in [1.29, 1.82) is 0 Å². The first-order chi connectivity index (χ1) is 14.8. The minimum absolute atomic E-state index is 0.0351. The third-order valence-electron chi connectivity index (χ3n) is 4.27. The molecular weight excluding hydrogens is 453 g/mol. The normalized spacial score (nSPS) is 11.5. The fraction of sp³-hybridized carbons (Fsp3) is 0.130. The van der Waals surface area contributed by atoms with Crippen LogP contribution in [0.4, 0.5) is 21.5 Å². The molecule has 3 aromatic rings. The number of carbonyl (C=O) groups excluding carboxylic acids is 1. The molecule has 0 radical (unpaired) electrons. The van der Waals surface area contributed by atoms with Gasteiger partial charge in [-0.15, -0.1) is 11.8 Å². The Morgan fingerprint density at radius 3 is 2.32 bits per heavy atom. The van der Waals surface area contributed by atoms with E-state index in [9.17, 15) is 9.18 Å². The summed E-state index contributed by atoms with van der Waals surface area (Å²) >= 11 is 12.6. The molecule has 160 valence electrons. The maximum atomic E-state index is 13.3. The van der Waals surface area contributed by atoms with Crippen molar-refractivity contribution in [3.63, 3.8) is 0 Å². The minimum Gasteiger partial charge on any atom is -0.332 e. The highest BCUT2D eigenvalue weighted by atomic mass is 35.5. The average Bonchev–Trinajstić information content (AvgIpc) is 2.72. The maximum Gasteiger partial charge on any atom is 0.237 e. The third kappa shape index (κ3) is 6.95. The quantitative estimate of drug-likeness (QED) is 0.274. The van der Waals surface area contributed by atoms with Gasteiger partial charge in [0.15, 0.2) is 5.11 Å². The summed E-state index contributed by atoms with van der Waals surface area (Å²) < 4.78 is 13.3. The lowest BCUT2D eigenvalue weighted by Crippen LogP contribution is -2.22. The second-order valence-corrected chi connectivity index (χ2v) is 9.08. The first kappa shape index (κ1) is 23.1. The molecular formula is C23H21ClFN3OS2. The largest absolute Gasteiger partial charge is 0.332 e. The molecule has 0 aliphatic rings. The summed E-state index contributed by atoms with van der Waals surface area (Å²) in [5, 5.41) is 9.11. The fourth-order valence-electron chi connectivity index (χ4n) is 2.65. The van der Waals surface area contributed by atoms with Gasteiger partial charge in [0.2, 0.25) is 5.91 Å². The first-order valence-corrected chi connectivity index (χ1v) is 11.1. The molecule has 0 aliphatic heterocycles. The number of benzene rings is 3. The van der Waals surface area contributed by atoms with E-state index >= 15 is 0 Å². The van der Waals surface area contributed by atoms with Gasteiger partial charge in [0.05, 0.1) is 10.3 Å². The second-order valence-electron chi connectivity index (χ2n) is 6.85. The molecule has 0 bridgehead atoms. The van der Waals surface area contributed by atoms with E-state index in [0.29, 0.717) is 10.8 Å². The Morgan fingerprint density at radius 1 is 0.968 bits per heavy atom. The number of thiocarbonyl (C=S) groups is 1. The zero-order chi connectivity index (χ0) is 22.4. The van der Waals surface area contributed by atoms with E-state index in [4.69, 9.17) is 23.8 Å². The second kappa shape index (κ2) is 10.6. The van der Waals surface area contributed by atoms with Crippen molar-refractivity contribution in [1.82, 2.24) is 0 Å². The molecule has 1 atom stereocenters. The van der Waals surface area contributed by atoms with Crippen molar-refractivity contribution >= 4 is 63.7 Å². The van der Waals surface area contributed by atoms with Gasteiger partial charge in [0, 0.05) is 22.0 Å². The summed E-state index contributed by atoms with van der Waals surface area (Å²) in [6.07, 6.45) is 0. The molecule has 0 aromatic heterocycles. The van der Waals surface area contributed by atoms with Gasteiger partial charge in [-0.05, 0) is 74.6 Å². The Kier molecular flexibility index (Phi) is 7.90. The van der Waals surface area contributed by atoms with Crippen molar-refractivity contribution in [2.24, 2.45) is 0 Å². The van der Waals surface area contributed by atoms with Gasteiger partial charge < -0.3 is 16.0 Å². The van der Waals surface area contributed by atoms with E-state index in [1.54, 1.807) is 6.92 Å². The van der Waals surface area contributed by atoms with Crippen LogP contribution >= 0.6 is 35.6 Å². The summed E-state index contributed by atoms with van der Waals surface area (Å²) in [6.45, 7) is 3.83. The van der Waals surface area contributed by atoms with Gasteiger partial charge >= 0.3 is 0 Å². The predicted molar refractivity (Wildman–Crippen MR) is 133 cm³/mol. The Balaban J connectivity index is 1.57. The van der Waals surface area contributed by atoms with E-state index in [-0.39, 0.29) is 16.2 Å². The maximum absolute atomic E-state index is 13.3. The summed E-state index contributed by atoms with van der Waals surface area (Å²) in [5.74, 6) is -0.733. The predicted octanol–water partition coefficient (Wildman–Crippen LogP) is 6.72. The molecule has 1 unspecified atom stereocenters. The van der Waals surface area contributed by atoms with Crippen LogP contribution in [0, 0.1) is 12.7 Å². The summed E-state index contributed by atoms with van der Waals surface area (Å²) in [7, 11) is 0. The summed E-state index contributed by atoms with van der Waals surface area (Å²) in [4.78, 5) is 13.4. The minimum atomic E-state index is -0.527. The van der Waals surface area contributed by atoms with Crippen LogP contribution in [0.5, 0.6) is 0 Å². The molecule has 4 nitrogen and oxygen atoms in total. The van der Waals surface area contributed by atoms with Crippen molar-refractivity contribution < 1.29 is 9.18 Å². The average molecular weight is 474 g/mol. The number of hydrogen-bond acceptors (Lipinski definition) is 3. The zero-order valence-electron chi connectivity index (χ0n) is 16.9. The van der Waals surface area contributed by atoms with Crippen LogP contribution in [-0.2, 0) is 4.79 Å². The molecule has 0 spiro atoms. The molecule has 3 rings (SSSR count). The molecule has 31 heavy (non-hydrogen) atoms. The van der Waals surface area contributed by atoms with Crippen LogP contribution in [0.3, 0.4) is 0 Å². The number of anilines is 3. The highest BCUT2D eigenvalue weighted by Gasteiger charge is 2.15. The molecule has 1 amide bonds. The fourth-order valence-corrected chi connectivity index (χ4v) is 4.00. The number of hydrogen-bond donors (Lipinski definition) is 3. The molecule has 0 saturated heterocycles. The first-order valence-electron chi connectivity index (χ1n) is 9.47. The lowest BCUT2D eigenvalue weighted by Gasteiger charge is -2.14. The monoisotopic (exact) mass is 473 g/mol. The lowest BCUT2D eigenvalue weighted by molar-refractivity contribution is -0.115. The van der Waals surface area contributed by atoms with Crippen LogP contribution in [0.1, 0.15) is 12.5 Å². The molecule has 8 heteroatoms. The highest BCUT2D eigenvalue weighted by Crippen LogP contribution is 2.27. The van der Waals surface area contributed by atoms with Crippen LogP contribution in [0.25, 0.3) is 0 Å². The summed E-state index contributed by atoms with van der Waals surface area (Å²) in [5.41, 5.74) is 3.34. The number of rotatable bonds is 6. The van der Waals surface area contributed by atoms with Crippen LogP contribution < -0.4 is 16.0 Å². The Bertz CT molecular complexity index is 1090. The van der Waals surface area contributed by atoms with Crippen molar-refractivity contribution in [2.75, 3.05) is 16.0 Å². The van der Waals surface area contributed by atoms with Gasteiger partial charge in [0.1, 0.15) is 5.82 Å². The molecule has 0 fully saturated rings. The molecule has 0 aliphatic carbocycles. The molecule has 3 N–H and O–H groups in total. The van der Waals surface area contributed by atoms with Gasteiger partial charge in [0.25, 0.3) is 0 Å². The molecule has 0 saturated carbocycles. The van der Waals surface area contributed by atoms with Crippen molar-refractivity contribution in [3.8, 4) is 0 Å². The lowest BCUT2D eigenvalue weighted by atomic mass is 10.2. The van der Waals surface area contributed by atoms with Crippen LogP contribution in [-0.4, -0.2) is 16.3 Å². The number of halogens is 2. The Labute approximate surface area is 195 Å². The Morgan fingerprint density at radius 2 is 1.61 bits per heavy atom. The third-order valence-corrected chi connectivity index (χ3v) is 5.86. The van der Waals surface area contributed by atoms with E-state index < -0.39 is 5.82 Å². The van der Waals surface area contributed by atoms with Crippen molar-refractivity contribution in [2.45, 2.75) is 24.0 Å². The standard InChI is InChI=1S/C23H21ClFN3OS2/c1-14-6-8-16(9-7-14)27-23(30)28-17-4-3-5-19(12-17)31-15(2)22(29)26-18-10-11-21(25)20(24)13-18/h3-13,15H,1-2H3,(H,26,29)(H2,27,28,30). The number of thioether (sulfide) groups is 1. The van der Waals surface area contributed by atoms with Gasteiger partial charge in [-0.25, -0.2) is 4.39 Å². The van der Waals surface area contributed by atoms with E-state index in [1.165, 1.54) is 35.5 Å². The smallest absolute Gasteiger partial charge is 0.237 e.